The zero-order valence-electron chi connectivity index (χ0n) is 18.1. The van der Waals surface area contributed by atoms with Crippen LogP contribution in [-0.2, 0) is 27.1 Å². The minimum atomic E-state index is -4.54. The molecule has 0 aliphatic carbocycles. The molecule has 3 aromatic rings. The molecule has 0 bridgehead atoms. The molecule has 6 nitrogen and oxygen atoms in total. The van der Waals surface area contributed by atoms with Crippen molar-refractivity contribution in [1.82, 2.24) is 4.98 Å². The van der Waals surface area contributed by atoms with Crippen molar-refractivity contribution in [3.8, 4) is 5.75 Å². The Hall–Kier alpha value is -3.40. The molecule has 0 radical (unpaired) electrons. The highest BCUT2D eigenvalue weighted by Gasteiger charge is 2.31. The minimum absolute atomic E-state index is 0.0390. The lowest BCUT2D eigenvalue weighted by molar-refractivity contribution is -0.147. The highest BCUT2D eigenvalue weighted by molar-refractivity contribution is 7.14. The predicted octanol–water partition coefficient (Wildman–Crippen LogP) is 5.59. The minimum Gasteiger partial charge on any atom is -0.482 e. The number of benzene rings is 2. The van der Waals surface area contributed by atoms with E-state index in [1.54, 1.807) is 17.5 Å². The first-order valence-corrected chi connectivity index (χ1v) is 10.7. The first-order chi connectivity index (χ1) is 15.5. The van der Waals surface area contributed by atoms with Crippen molar-refractivity contribution in [3.63, 3.8) is 0 Å². The van der Waals surface area contributed by atoms with Crippen LogP contribution in [0.5, 0.6) is 5.75 Å². The van der Waals surface area contributed by atoms with E-state index in [1.807, 2.05) is 19.9 Å². The van der Waals surface area contributed by atoms with E-state index in [9.17, 15) is 22.8 Å². The SMILES string of the molecule is CC(=O)N(c1cccc(C(F)(F)F)c1)c1nc(COC(=O)COc2cc(C)cc(C)c2)cs1. The fourth-order valence-electron chi connectivity index (χ4n) is 3.07. The maximum absolute atomic E-state index is 13.1. The highest BCUT2D eigenvalue weighted by atomic mass is 32.1. The van der Waals surface area contributed by atoms with Crippen LogP contribution in [0.4, 0.5) is 24.0 Å². The van der Waals surface area contributed by atoms with Gasteiger partial charge in [-0.05, 0) is 55.3 Å². The number of rotatable bonds is 7. The van der Waals surface area contributed by atoms with Crippen molar-refractivity contribution >= 4 is 34.0 Å². The van der Waals surface area contributed by atoms with Crippen molar-refractivity contribution in [2.24, 2.45) is 0 Å². The Labute approximate surface area is 192 Å². The van der Waals surface area contributed by atoms with Gasteiger partial charge in [0.25, 0.3) is 0 Å². The maximum atomic E-state index is 13.1. The van der Waals surface area contributed by atoms with Gasteiger partial charge in [-0.15, -0.1) is 11.3 Å². The number of esters is 1. The van der Waals surface area contributed by atoms with Crippen LogP contribution in [0.25, 0.3) is 0 Å². The smallest absolute Gasteiger partial charge is 0.416 e. The summed E-state index contributed by atoms with van der Waals surface area (Å²) < 4.78 is 49.8. The number of amides is 1. The maximum Gasteiger partial charge on any atom is 0.416 e. The lowest BCUT2D eigenvalue weighted by Crippen LogP contribution is -2.23. The average Bonchev–Trinajstić information content (AvgIpc) is 3.18. The van der Waals surface area contributed by atoms with Gasteiger partial charge >= 0.3 is 12.1 Å². The lowest BCUT2D eigenvalue weighted by Gasteiger charge is -2.19. The molecular weight excluding hydrogens is 457 g/mol. The molecular formula is C23H21F3N2O4S. The molecule has 0 aliphatic heterocycles. The van der Waals surface area contributed by atoms with Gasteiger partial charge in [0.1, 0.15) is 12.4 Å². The van der Waals surface area contributed by atoms with Gasteiger partial charge in [0, 0.05) is 12.3 Å². The van der Waals surface area contributed by atoms with E-state index >= 15 is 0 Å². The van der Waals surface area contributed by atoms with Crippen LogP contribution in [-0.4, -0.2) is 23.5 Å². The molecule has 0 saturated carbocycles. The number of halogens is 3. The molecule has 0 unspecified atom stereocenters. The molecule has 10 heteroatoms. The summed E-state index contributed by atoms with van der Waals surface area (Å²) in [5.41, 5.74) is 1.53. The number of alkyl halides is 3. The van der Waals surface area contributed by atoms with E-state index in [2.05, 4.69) is 4.98 Å². The number of anilines is 2. The van der Waals surface area contributed by atoms with Gasteiger partial charge in [-0.1, -0.05) is 12.1 Å². The summed E-state index contributed by atoms with van der Waals surface area (Å²) in [6.07, 6.45) is -4.54. The van der Waals surface area contributed by atoms with Crippen molar-refractivity contribution < 1.29 is 32.2 Å². The molecule has 0 N–H and O–H groups in total. The Kier molecular flexibility index (Phi) is 7.37. The monoisotopic (exact) mass is 478 g/mol. The quantitative estimate of drug-likeness (QED) is 0.415. The highest BCUT2D eigenvalue weighted by Crippen LogP contribution is 2.35. The second kappa shape index (κ2) is 10.0. The number of aromatic nitrogens is 1. The van der Waals surface area contributed by atoms with Crippen molar-refractivity contribution in [1.29, 1.82) is 0 Å². The Morgan fingerprint density at radius 3 is 2.42 bits per heavy atom. The van der Waals surface area contributed by atoms with Gasteiger partial charge in [0.15, 0.2) is 11.7 Å². The van der Waals surface area contributed by atoms with Gasteiger partial charge in [-0.25, -0.2) is 9.78 Å². The van der Waals surface area contributed by atoms with Crippen LogP contribution in [0, 0.1) is 13.8 Å². The second-order valence-corrected chi connectivity index (χ2v) is 8.13. The third-order valence-corrected chi connectivity index (χ3v) is 5.29. The molecule has 3 rings (SSSR count). The molecule has 0 saturated heterocycles. The Morgan fingerprint density at radius 2 is 1.79 bits per heavy atom. The number of hydrogen-bond acceptors (Lipinski definition) is 6. The molecule has 33 heavy (non-hydrogen) atoms. The number of nitrogens with zero attached hydrogens (tertiary/aromatic N) is 2. The van der Waals surface area contributed by atoms with Crippen LogP contribution in [0.1, 0.15) is 29.3 Å². The van der Waals surface area contributed by atoms with Crippen LogP contribution < -0.4 is 9.64 Å². The molecule has 0 aliphatic rings. The van der Waals surface area contributed by atoms with Crippen molar-refractivity contribution in [2.75, 3.05) is 11.5 Å². The largest absolute Gasteiger partial charge is 0.482 e. The molecule has 1 amide bonds. The van der Waals surface area contributed by atoms with Gasteiger partial charge in [0.2, 0.25) is 5.91 Å². The Morgan fingerprint density at radius 1 is 1.09 bits per heavy atom. The number of carbonyl (C=O) groups excluding carboxylic acids is 2. The fourth-order valence-corrected chi connectivity index (χ4v) is 3.94. The first kappa shape index (κ1) is 24.2. The molecule has 0 fully saturated rings. The fraction of sp³-hybridized carbons (Fsp3) is 0.261. The number of thiazole rings is 1. The summed E-state index contributed by atoms with van der Waals surface area (Å²) >= 11 is 1.05. The van der Waals surface area contributed by atoms with Crippen LogP contribution in [0.2, 0.25) is 0 Å². The molecule has 1 aromatic heterocycles. The Bertz CT molecular complexity index is 1140. The summed E-state index contributed by atoms with van der Waals surface area (Å²) in [4.78, 5) is 29.5. The van der Waals surface area contributed by atoms with E-state index in [0.29, 0.717) is 11.4 Å². The third-order valence-electron chi connectivity index (χ3n) is 4.41. The lowest BCUT2D eigenvalue weighted by atomic mass is 10.1. The molecule has 0 spiro atoms. The zero-order chi connectivity index (χ0) is 24.2. The van der Waals surface area contributed by atoms with Crippen LogP contribution in [0.15, 0.2) is 47.8 Å². The van der Waals surface area contributed by atoms with Crippen LogP contribution in [0.3, 0.4) is 0 Å². The normalized spacial score (nSPS) is 11.2. The summed E-state index contributed by atoms with van der Waals surface area (Å²) in [5, 5.41) is 1.73. The average molecular weight is 478 g/mol. The third kappa shape index (κ3) is 6.55. The molecule has 0 atom stereocenters. The van der Waals surface area contributed by atoms with Crippen LogP contribution >= 0.6 is 11.3 Å². The van der Waals surface area contributed by atoms with Gasteiger partial charge in [0.05, 0.1) is 16.9 Å². The van der Waals surface area contributed by atoms with Crippen molar-refractivity contribution in [2.45, 2.75) is 33.6 Å². The summed E-state index contributed by atoms with van der Waals surface area (Å²) in [6.45, 7) is 4.61. The second-order valence-electron chi connectivity index (χ2n) is 7.30. The predicted molar refractivity (Wildman–Crippen MR) is 118 cm³/mol. The van der Waals surface area contributed by atoms with Gasteiger partial charge < -0.3 is 9.47 Å². The van der Waals surface area contributed by atoms with Gasteiger partial charge in [-0.3, -0.25) is 9.69 Å². The van der Waals surface area contributed by atoms with E-state index in [1.165, 1.54) is 19.1 Å². The number of hydrogen-bond donors (Lipinski definition) is 0. The Balaban J connectivity index is 1.64. The molecule has 1 heterocycles. The number of aryl methyl sites for hydroxylation is 2. The summed E-state index contributed by atoms with van der Waals surface area (Å²) in [5.74, 6) is -0.558. The first-order valence-electron chi connectivity index (χ1n) is 9.82. The standard InChI is InChI=1S/C23H21F3N2O4S/c1-14-7-15(2)9-20(8-14)31-12-21(30)32-11-18-13-33-22(27-18)28(16(3)29)19-6-4-5-17(10-19)23(24,25)26/h4-10,13H,11-12H2,1-3H3. The summed E-state index contributed by atoms with van der Waals surface area (Å²) in [6, 6.07) is 10.0. The van der Waals surface area contributed by atoms with Gasteiger partial charge in [-0.2, -0.15) is 13.2 Å². The van der Waals surface area contributed by atoms with Crippen molar-refractivity contribution in [3.05, 3.63) is 70.2 Å². The summed E-state index contributed by atoms with van der Waals surface area (Å²) in [7, 11) is 0. The topological polar surface area (TPSA) is 68.7 Å². The van der Waals surface area contributed by atoms with E-state index in [4.69, 9.17) is 9.47 Å². The van der Waals surface area contributed by atoms with E-state index in [-0.39, 0.29) is 24.0 Å². The van der Waals surface area contributed by atoms with E-state index in [0.717, 1.165) is 39.5 Å². The number of ether oxygens (including phenoxy) is 2. The van der Waals surface area contributed by atoms with E-state index < -0.39 is 23.6 Å². The zero-order valence-corrected chi connectivity index (χ0v) is 18.9. The number of carbonyl (C=O) groups is 2. The molecule has 2 aromatic carbocycles. The molecule has 174 valence electrons.